The summed E-state index contributed by atoms with van der Waals surface area (Å²) in [6, 6.07) is 5.56. The van der Waals surface area contributed by atoms with Crippen molar-refractivity contribution in [2.75, 3.05) is 6.26 Å². The van der Waals surface area contributed by atoms with E-state index in [1.165, 1.54) is 10.4 Å². The zero-order valence-electron chi connectivity index (χ0n) is 17.2. The first-order chi connectivity index (χ1) is 15.0. The van der Waals surface area contributed by atoms with Gasteiger partial charge in [-0.2, -0.15) is 0 Å². The van der Waals surface area contributed by atoms with Gasteiger partial charge in [-0.15, -0.1) is 21.5 Å². The fourth-order valence-corrected chi connectivity index (χ4v) is 7.24. The lowest BCUT2D eigenvalue weighted by Crippen LogP contribution is -2.26. The standard InChI is InChI=1S/C21H20Cl2N4OS3/c1-10(2)15-7-11-16(8-28-15)31-19-17(11)18-25-26-21(27(18)20(24-19)29-3)30-9-12-13(22)5-4-6-14(12)23/h4-6,10,15H,7-9H2,1-3H3. The lowest BCUT2D eigenvalue weighted by atomic mass is 9.96. The zero-order chi connectivity index (χ0) is 21.7. The molecule has 0 saturated heterocycles. The van der Waals surface area contributed by atoms with Crippen LogP contribution in [0, 0.1) is 5.92 Å². The smallest absolute Gasteiger partial charge is 0.198 e. The molecule has 1 aromatic carbocycles. The van der Waals surface area contributed by atoms with Gasteiger partial charge in [0.25, 0.3) is 0 Å². The van der Waals surface area contributed by atoms with Crippen LogP contribution in [0.3, 0.4) is 0 Å². The third-order valence-corrected chi connectivity index (χ3v) is 8.89. The van der Waals surface area contributed by atoms with Gasteiger partial charge in [-0.05, 0) is 35.4 Å². The van der Waals surface area contributed by atoms with Crippen molar-refractivity contribution in [3.05, 3.63) is 44.2 Å². The van der Waals surface area contributed by atoms with Crippen molar-refractivity contribution in [1.29, 1.82) is 0 Å². The van der Waals surface area contributed by atoms with E-state index in [1.54, 1.807) is 34.9 Å². The van der Waals surface area contributed by atoms with Gasteiger partial charge in [0.1, 0.15) is 4.83 Å². The van der Waals surface area contributed by atoms with Gasteiger partial charge in [-0.1, -0.05) is 66.6 Å². The molecule has 0 N–H and O–H groups in total. The van der Waals surface area contributed by atoms with E-state index in [-0.39, 0.29) is 6.10 Å². The Kier molecular flexibility index (Phi) is 6.13. The minimum Gasteiger partial charge on any atom is -0.372 e. The van der Waals surface area contributed by atoms with Crippen molar-refractivity contribution in [3.8, 4) is 0 Å². The largest absolute Gasteiger partial charge is 0.372 e. The van der Waals surface area contributed by atoms with Crippen LogP contribution in [0.5, 0.6) is 0 Å². The predicted molar refractivity (Wildman–Crippen MR) is 131 cm³/mol. The summed E-state index contributed by atoms with van der Waals surface area (Å²) in [4.78, 5) is 7.22. The highest BCUT2D eigenvalue weighted by Gasteiger charge is 2.29. The summed E-state index contributed by atoms with van der Waals surface area (Å²) in [5.74, 6) is 1.07. The van der Waals surface area contributed by atoms with Crippen molar-refractivity contribution in [3.63, 3.8) is 0 Å². The highest BCUT2D eigenvalue weighted by Crippen LogP contribution is 2.40. The molecular weight excluding hydrogens is 491 g/mol. The van der Waals surface area contributed by atoms with Crippen molar-refractivity contribution < 1.29 is 4.74 Å². The van der Waals surface area contributed by atoms with E-state index in [9.17, 15) is 0 Å². The molecule has 1 unspecified atom stereocenters. The maximum Gasteiger partial charge on any atom is 0.198 e. The number of benzene rings is 1. The van der Waals surface area contributed by atoms with Gasteiger partial charge < -0.3 is 4.74 Å². The van der Waals surface area contributed by atoms with Crippen LogP contribution >= 0.6 is 58.1 Å². The molecule has 1 atom stereocenters. The number of halogens is 2. The molecule has 0 radical (unpaired) electrons. The molecule has 0 spiro atoms. The topological polar surface area (TPSA) is 52.3 Å². The molecule has 1 aliphatic rings. The second-order valence-electron chi connectivity index (χ2n) is 7.71. The zero-order valence-corrected chi connectivity index (χ0v) is 21.1. The molecule has 3 aromatic heterocycles. The average molecular weight is 512 g/mol. The molecule has 4 heterocycles. The fraction of sp³-hybridized carbons (Fsp3) is 0.381. The molecule has 0 saturated carbocycles. The number of fused-ring (bicyclic) bond motifs is 5. The van der Waals surface area contributed by atoms with Gasteiger partial charge in [0, 0.05) is 27.1 Å². The van der Waals surface area contributed by atoms with E-state index < -0.39 is 0 Å². The normalized spacial score (nSPS) is 16.5. The Balaban J connectivity index is 1.60. The van der Waals surface area contributed by atoms with Crippen molar-refractivity contribution in [2.45, 2.75) is 49.0 Å². The number of aromatic nitrogens is 4. The maximum absolute atomic E-state index is 6.36. The average Bonchev–Trinajstić information content (AvgIpc) is 3.33. The van der Waals surface area contributed by atoms with E-state index in [1.807, 2.05) is 24.5 Å². The van der Waals surface area contributed by atoms with Gasteiger partial charge in [-0.3, -0.25) is 0 Å². The summed E-state index contributed by atoms with van der Waals surface area (Å²) < 4.78 is 8.15. The molecule has 1 aliphatic heterocycles. The third-order valence-electron chi connectivity index (χ3n) is 5.48. The van der Waals surface area contributed by atoms with Crippen LogP contribution in [-0.4, -0.2) is 31.9 Å². The van der Waals surface area contributed by atoms with E-state index in [0.29, 0.717) is 28.3 Å². The summed E-state index contributed by atoms with van der Waals surface area (Å²) in [5, 5.41) is 13.2. The maximum atomic E-state index is 6.36. The highest BCUT2D eigenvalue weighted by molar-refractivity contribution is 7.99. The first-order valence-electron chi connectivity index (χ1n) is 9.88. The van der Waals surface area contributed by atoms with E-state index in [2.05, 4.69) is 28.4 Å². The molecular formula is C21H20Cl2N4OS3. The van der Waals surface area contributed by atoms with E-state index in [4.69, 9.17) is 32.9 Å². The van der Waals surface area contributed by atoms with Crippen molar-refractivity contribution in [1.82, 2.24) is 19.6 Å². The molecule has 4 aromatic rings. The Labute approximate surface area is 202 Å². The number of hydrogen-bond donors (Lipinski definition) is 0. The number of hydrogen-bond acceptors (Lipinski definition) is 7. The van der Waals surface area contributed by atoms with Crippen LogP contribution < -0.4 is 0 Å². The molecule has 31 heavy (non-hydrogen) atoms. The van der Waals surface area contributed by atoms with Gasteiger partial charge >= 0.3 is 0 Å². The lowest BCUT2D eigenvalue weighted by molar-refractivity contribution is 0.00203. The van der Waals surface area contributed by atoms with E-state index in [0.717, 1.165) is 38.2 Å². The SMILES string of the molecule is CSc1nc2sc3c(c2c2nnc(SCc4c(Cl)cccc4Cl)n12)CC(C(C)C)OC3. The van der Waals surface area contributed by atoms with E-state index >= 15 is 0 Å². The van der Waals surface area contributed by atoms with Crippen molar-refractivity contribution >= 4 is 73.9 Å². The predicted octanol–water partition coefficient (Wildman–Crippen LogP) is 6.76. The summed E-state index contributed by atoms with van der Waals surface area (Å²) >= 11 is 17.6. The summed E-state index contributed by atoms with van der Waals surface area (Å²) in [6.45, 7) is 5.05. The lowest BCUT2D eigenvalue weighted by Gasteiger charge is -2.26. The van der Waals surface area contributed by atoms with Crippen LogP contribution in [0.1, 0.15) is 29.9 Å². The summed E-state index contributed by atoms with van der Waals surface area (Å²) in [6.07, 6.45) is 3.12. The molecule has 162 valence electrons. The Hall–Kier alpha value is -1.03. The molecule has 5 rings (SSSR count). The van der Waals surface area contributed by atoms with Crippen molar-refractivity contribution in [2.24, 2.45) is 5.92 Å². The summed E-state index contributed by atoms with van der Waals surface area (Å²) in [7, 11) is 0. The fourth-order valence-electron chi connectivity index (χ4n) is 3.79. The van der Waals surface area contributed by atoms with Gasteiger partial charge in [-0.25, -0.2) is 9.38 Å². The number of thioether (sulfide) groups is 2. The summed E-state index contributed by atoms with van der Waals surface area (Å²) in [5.41, 5.74) is 3.08. The Morgan fingerprint density at radius 3 is 2.71 bits per heavy atom. The van der Waals surface area contributed by atoms with Crippen LogP contribution in [0.2, 0.25) is 10.0 Å². The number of ether oxygens (including phenoxy) is 1. The molecule has 0 amide bonds. The van der Waals surface area contributed by atoms with Crippen LogP contribution in [-0.2, 0) is 23.5 Å². The van der Waals surface area contributed by atoms with Gasteiger partial charge in [0.15, 0.2) is 16.0 Å². The van der Waals surface area contributed by atoms with Crippen LogP contribution in [0.25, 0.3) is 15.9 Å². The second-order valence-corrected chi connectivity index (χ2v) is 11.3. The van der Waals surface area contributed by atoms with Crippen LogP contribution in [0.4, 0.5) is 0 Å². The molecule has 10 heteroatoms. The number of rotatable bonds is 5. The molecule has 5 nitrogen and oxygen atoms in total. The quantitative estimate of drug-likeness (QED) is 0.218. The third kappa shape index (κ3) is 3.85. The number of thiophene rings is 1. The molecule has 0 fully saturated rings. The van der Waals surface area contributed by atoms with Crippen LogP contribution in [0.15, 0.2) is 28.5 Å². The molecule has 0 aliphatic carbocycles. The molecule has 0 bridgehead atoms. The number of nitrogens with zero attached hydrogens (tertiary/aromatic N) is 4. The monoisotopic (exact) mass is 510 g/mol. The second kappa shape index (κ2) is 8.72. The highest BCUT2D eigenvalue weighted by atomic mass is 35.5. The van der Waals surface area contributed by atoms with Gasteiger partial charge in [0.2, 0.25) is 0 Å². The minimum absolute atomic E-state index is 0.213. The van der Waals surface area contributed by atoms with Gasteiger partial charge in [0.05, 0.1) is 18.1 Å². The first-order valence-corrected chi connectivity index (χ1v) is 13.7. The Bertz CT molecular complexity index is 1270. The Morgan fingerprint density at radius 2 is 2.00 bits per heavy atom. The first kappa shape index (κ1) is 21.8. The minimum atomic E-state index is 0.213. The Morgan fingerprint density at radius 1 is 1.23 bits per heavy atom.